The second-order valence-corrected chi connectivity index (χ2v) is 4.81. The lowest BCUT2D eigenvalue weighted by Gasteiger charge is -2.29. The van der Waals surface area contributed by atoms with Crippen LogP contribution in [0.25, 0.3) is 0 Å². The molecule has 1 aliphatic rings. The first-order valence-corrected chi connectivity index (χ1v) is 6.13. The zero-order valence-corrected chi connectivity index (χ0v) is 10.8. The van der Waals surface area contributed by atoms with Gasteiger partial charge in [0.15, 0.2) is 0 Å². The molecule has 1 amide bonds. The highest BCUT2D eigenvalue weighted by atomic mass is 16.5. The van der Waals surface area contributed by atoms with Crippen LogP contribution in [-0.2, 0) is 9.53 Å². The summed E-state index contributed by atoms with van der Waals surface area (Å²) in [6.45, 7) is 7.06. The molecule has 4 nitrogen and oxygen atoms in total. The summed E-state index contributed by atoms with van der Waals surface area (Å²) in [6.07, 6.45) is 2.85. The molecular formula is C12H24N2O2. The normalized spacial score (nSPS) is 25.8. The predicted molar refractivity (Wildman–Crippen MR) is 64.3 cm³/mol. The van der Waals surface area contributed by atoms with Crippen LogP contribution < -0.4 is 10.6 Å². The Kier molecular flexibility index (Phi) is 4.74. The van der Waals surface area contributed by atoms with E-state index in [9.17, 15) is 4.79 Å². The fourth-order valence-corrected chi connectivity index (χ4v) is 1.89. The zero-order chi connectivity index (χ0) is 12.2. The molecule has 0 aromatic heterocycles. The second-order valence-electron chi connectivity index (χ2n) is 4.81. The van der Waals surface area contributed by atoms with Crippen molar-refractivity contribution in [1.29, 1.82) is 0 Å². The summed E-state index contributed by atoms with van der Waals surface area (Å²) in [5.74, 6) is 0.103. The molecule has 1 heterocycles. The highest BCUT2D eigenvalue weighted by molar-refractivity contribution is 5.82. The summed E-state index contributed by atoms with van der Waals surface area (Å²) in [7, 11) is 1.69. The Bertz CT molecular complexity index is 239. The van der Waals surface area contributed by atoms with Gasteiger partial charge in [-0.1, -0.05) is 13.8 Å². The Morgan fingerprint density at radius 3 is 2.56 bits per heavy atom. The third kappa shape index (κ3) is 3.19. The summed E-state index contributed by atoms with van der Waals surface area (Å²) in [5.41, 5.74) is -0.0794. The van der Waals surface area contributed by atoms with E-state index in [1.807, 2.05) is 0 Å². The Morgan fingerprint density at radius 2 is 2.12 bits per heavy atom. The molecule has 0 aromatic carbocycles. The van der Waals surface area contributed by atoms with Crippen LogP contribution in [0.1, 0.15) is 40.0 Å². The van der Waals surface area contributed by atoms with Crippen LogP contribution in [0.5, 0.6) is 0 Å². The van der Waals surface area contributed by atoms with Gasteiger partial charge in [0.1, 0.15) is 0 Å². The van der Waals surface area contributed by atoms with Crippen molar-refractivity contribution in [3.05, 3.63) is 0 Å². The van der Waals surface area contributed by atoms with Crippen molar-refractivity contribution in [3.8, 4) is 0 Å². The van der Waals surface area contributed by atoms with Gasteiger partial charge in [0, 0.05) is 19.2 Å². The second kappa shape index (κ2) is 5.64. The minimum absolute atomic E-state index is 0.0794. The summed E-state index contributed by atoms with van der Waals surface area (Å²) >= 11 is 0. The van der Waals surface area contributed by atoms with Crippen LogP contribution in [0.4, 0.5) is 0 Å². The number of amides is 1. The smallest absolute Gasteiger partial charge is 0.237 e. The van der Waals surface area contributed by atoms with E-state index in [4.69, 9.17) is 4.74 Å². The number of hydrogen-bond donors (Lipinski definition) is 2. The molecule has 0 spiro atoms. The van der Waals surface area contributed by atoms with E-state index in [1.54, 1.807) is 7.11 Å². The van der Waals surface area contributed by atoms with E-state index in [2.05, 4.69) is 31.4 Å². The minimum Gasteiger partial charge on any atom is -0.380 e. The SMILES string of the molecule is CCC(C)(CC)NC(=O)C1CC(OC)CN1. The number of hydrogen-bond acceptors (Lipinski definition) is 3. The lowest BCUT2D eigenvalue weighted by molar-refractivity contribution is -0.124. The zero-order valence-electron chi connectivity index (χ0n) is 10.8. The molecule has 2 unspecified atom stereocenters. The fourth-order valence-electron chi connectivity index (χ4n) is 1.89. The lowest BCUT2D eigenvalue weighted by atomic mass is 9.95. The molecule has 0 saturated carbocycles. The van der Waals surface area contributed by atoms with Crippen LogP contribution >= 0.6 is 0 Å². The van der Waals surface area contributed by atoms with Crippen LogP contribution in [0.15, 0.2) is 0 Å². The maximum atomic E-state index is 12.0. The molecule has 16 heavy (non-hydrogen) atoms. The third-order valence-electron chi connectivity index (χ3n) is 3.73. The average Bonchev–Trinajstić information content (AvgIpc) is 2.77. The van der Waals surface area contributed by atoms with Crippen molar-refractivity contribution in [1.82, 2.24) is 10.6 Å². The summed E-state index contributed by atoms with van der Waals surface area (Å²) in [5, 5.41) is 6.31. The molecule has 2 N–H and O–H groups in total. The van der Waals surface area contributed by atoms with Crippen molar-refractivity contribution in [3.63, 3.8) is 0 Å². The Hall–Kier alpha value is -0.610. The van der Waals surface area contributed by atoms with Gasteiger partial charge >= 0.3 is 0 Å². The lowest BCUT2D eigenvalue weighted by Crippen LogP contribution is -2.51. The number of rotatable bonds is 5. The van der Waals surface area contributed by atoms with Gasteiger partial charge in [-0.25, -0.2) is 0 Å². The van der Waals surface area contributed by atoms with Gasteiger partial charge in [-0.2, -0.15) is 0 Å². The van der Waals surface area contributed by atoms with Gasteiger partial charge in [-0.05, 0) is 26.2 Å². The molecule has 0 aliphatic carbocycles. The standard InChI is InChI=1S/C12H24N2O2/c1-5-12(3,6-2)14-11(15)10-7-9(16-4)8-13-10/h9-10,13H,5-8H2,1-4H3,(H,14,15). The number of nitrogens with one attached hydrogen (secondary N) is 2. The van der Waals surface area contributed by atoms with Gasteiger partial charge < -0.3 is 15.4 Å². The van der Waals surface area contributed by atoms with E-state index in [1.165, 1.54) is 0 Å². The van der Waals surface area contributed by atoms with Crippen molar-refractivity contribution in [2.24, 2.45) is 0 Å². The largest absolute Gasteiger partial charge is 0.380 e. The molecule has 1 fully saturated rings. The van der Waals surface area contributed by atoms with E-state index in [-0.39, 0.29) is 23.6 Å². The summed E-state index contributed by atoms with van der Waals surface area (Å²) in [6, 6.07) is -0.0950. The fraction of sp³-hybridized carbons (Fsp3) is 0.917. The van der Waals surface area contributed by atoms with Crippen molar-refractivity contribution in [2.45, 2.75) is 57.7 Å². The Labute approximate surface area is 98.1 Å². The number of ether oxygens (including phenoxy) is 1. The van der Waals surface area contributed by atoms with Gasteiger partial charge in [0.05, 0.1) is 12.1 Å². The minimum atomic E-state index is -0.0950. The van der Waals surface area contributed by atoms with Crippen LogP contribution in [0.3, 0.4) is 0 Å². The van der Waals surface area contributed by atoms with Gasteiger partial charge in [0.25, 0.3) is 0 Å². The first kappa shape index (κ1) is 13.5. The number of methoxy groups -OCH3 is 1. The highest BCUT2D eigenvalue weighted by Crippen LogP contribution is 2.16. The van der Waals surface area contributed by atoms with Crippen LogP contribution in [0, 0.1) is 0 Å². The van der Waals surface area contributed by atoms with Crippen molar-refractivity contribution in [2.75, 3.05) is 13.7 Å². The molecule has 1 aliphatic heterocycles. The predicted octanol–water partition coefficient (Wildman–Crippen LogP) is 1.06. The van der Waals surface area contributed by atoms with Gasteiger partial charge in [0.2, 0.25) is 5.91 Å². The van der Waals surface area contributed by atoms with E-state index >= 15 is 0 Å². The Balaban J connectivity index is 2.47. The maximum Gasteiger partial charge on any atom is 0.237 e. The molecule has 1 rings (SSSR count). The number of carbonyl (C=O) groups is 1. The molecular weight excluding hydrogens is 204 g/mol. The van der Waals surface area contributed by atoms with E-state index < -0.39 is 0 Å². The van der Waals surface area contributed by atoms with Gasteiger partial charge in [-0.15, -0.1) is 0 Å². The topological polar surface area (TPSA) is 50.4 Å². The maximum absolute atomic E-state index is 12.0. The molecule has 94 valence electrons. The summed E-state index contributed by atoms with van der Waals surface area (Å²) in [4.78, 5) is 12.0. The van der Waals surface area contributed by atoms with Crippen molar-refractivity contribution < 1.29 is 9.53 Å². The van der Waals surface area contributed by atoms with Crippen LogP contribution in [-0.4, -0.2) is 37.2 Å². The first-order chi connectivity index (χ1) is 7.54. The van der Waals surface area contributed by atoms with E-state index in [0.29, 0.717) is 0 Å². The average molecular weight is 228 g/mol. The Morgan fingerprint density at radius 1 is 1.50 bits per heavy atom. The molecule has 0 radical (unpaired) electrons. The monoisotopic (exact) mass is 228 g/mol. The van der Waals surface area contributed by atoms with Gasteiger partial charge in [-0.3, -0.25) is 4.79 Å². The van der Waals surface area contributed by atoms with E-state index in [0.717, 1.165) is 25.8 Å². The molecule has 2 atom stereocenters. The van der Waals surface area contributed by atoms with Crippen LogP contribution in [0.2, 0.25) is 0 Å². The third-order valence-corrected chi connectivity index (χ3v) is 3.73. The van der Waals surface area contributed by atoms with Crippen molar-refractivity contribution >= 4 is 5.91 Å². The number of carbonyl (C=O) groups excluding carboxylic acids is 1. The quantitative estimate of drug-likeness (QED) is 0.739. The molecule has 0 bridgehead atoms. The molecule has 0 aromatic rings. The molecule has 1 saturated heterocycles. The first-order valence-electron chi connectivity index (χ1n) is 6.13. The summed E-state index contributed by atoms with van der Waals surface area (Å²) < 4.78 is 5.23. The highest BCUT2D eigenvalue weighted by Gasteiger charge is 2.32. The molecule has 4 heteroatoms.